The number of hydrogen-bond acceptors (Lipinski definition) is 3. The molecule has 2 amide bonds. The van der Waals surface area contributed by atoms with Gasteiger partial charge in [0.25, 0.3) is 5.91 Å². The number of para-hydroxylation sites is 1. The van der Waals surface area contributed by atoms with Crippen LogP contribution in [0, 0.1) is 11.7 Å². The largest absolute Gasteiger partial charge is 0.490 e. The van der Waals surface area contributed by atoms with Crippen LogP contribution in [-0.4, -0.2) is 35.9 Å². The third kappa shape index (κ3) is 5.55. The number of ether oxygens (including phenoxy) is 1. The summed E-state index contributed by atoms with van der Waals surface area (Å²) in [6.07, 6.45) is 5.08. The van der Waals surface area contributed by atoms with E-state index >= 15 is 0 Å². The lowest BCUT2D eigenvalue weighted by molar-refractivity contribution is -0.127. The Hall–Kier alpha value is -3.15. The van der Waals surface area contributed by atoms with Crippen LogP contribution in [0.15, 0.2) is 60.7 Å². The van der Waals surface area contributed by atoms with Crippen molar-refractivity contribution >= 4 is 11.8 Å². The third-order valence-corrected chi connectivity index (χ3v) is 5.68. The maximum atomic E-state index is 13.4. The smallest absolute Gasteiger partial charge is 0.258 e. The first-order valence-corrected chi connectivity index (χ1v) is 11.0. The molecule has 1 N–H and O–H groups in total. The van der Waals surface area contributed by atoms with E-state index in [1.807, 2.05) is 39.0 Å². The maximum absolute atomic E-state index is 13.4. The van der Waals surface area contributed by atoms with Gasteiger partial charge in [0.15, 0.2) is 0 Å². The number of benzene rings is 2. The summed E-state index contributed by atoms with van der Waals surface area (Å²) in [7, 11) is 1.64. The minimum atomic E-state index is -0.678. The standard InChI is InChI=1S/C26H31FN2O3/c1-17(2)24-25(30)28-22(19-13-15-20(27)16-14-19)11-7-5-9-18(3)32-23-12-8-6-10-21(23)26(31)29(24)4/h5-8,10,12-18,22,24H,9,11H2,1-4H3,(H,28,30)/b7-5-/t18-,22-,24-/m1/s1. The highest BCUT2D eigenvalue weighted by Crippen LogP contribution is 2.25. The van der Waals surface area contributed by atoms with Gasteiger partial charge in [-0.15, -0.1) is 0 Å². The Morgan fingerprint density at radius 1 is 1.03 bits per heavy atom. The molecular weight excluding hydrogens is 407 g/mol. The van der Waals surface area contributed by atoms with Crippen molar-refractivity contribution in [1.82, 2.24) is 10.2 Å². The summed E-state index contributed by atoms with van der Waals surface area (Å²) in [5.74, 6) is -0.454. The van der Waals surface area contributed by atoms with Crippen molar-refractivity contribution in [2.24, 2.45) is 5.92 Å². The lowest BCUT2D eigenvalue weighted by atomic mass is 9.98. The van der Waals surface area contributed by atoms with Crippen LogP contribution in [0.4, 0.5) is 4.39 Å². The van der Waals surface area contributed by atoms with Crippen molar-refractivity contribution in [3.05, 3.63) is 77.6 Å². The van der Waals surface area contributed by atoms with Crippen LogP contribution >= 0.6 is 0 Å². The number of carbonyl (C=O) groups is 2. The fraction of sp³-hybridized carbons (Fsp3) is 0.385. The van der Waals surface area contributed by atoms with Crippen LogP contribution in [0.1, 0.15) is 55.6 Å². The topological polar surface area (TPSA) is 58.6 Å². The molecule has 0 aromatic heterocycles. The highest BCUT2D eigenvalue weighted by Gasteiger charge is 2.33. The predicted molar refractivity (Wildman–Crippen MR) is 123 cm³/mol. The maximum Gasteiger partial charge on any atom is 0.258 e. The van der Waals surface area contributed by atoms with E-state index in [0.717, 1.165) is 5.56 Å². The number of hydrogen-bond donors (Lipinski definition) is 1. The van der Waals surface area contributed by atoms with Crippen molar-refractivity contribution in [2.45, 2.75) is 51.8 Å². The van der Waals surface area contributed by atoms with Gasteiger partial charge in [-0.05, 0) is 49.1 Å². The molecule has 32 heavy (non-hydrogen) atoms. The van der Waals surface area contributed by atoms with Crippen LogP contribution < -0.4 is 10.1 Å². The minimum absolute atomic E-state index is 0.117. The molecule has 3 atom stereocenters. The van der Waals surface area contributed by atoms with E-state index in [0.29, 0.717) is 24.2 Å². The molecule has 1 aliphatic rings. The van der Waals surface area contributed by atoms with Crippen molar-refractivity contribution < 1.29 is 18.7 Å². The fourth-order valence-corrected chi connectivity index (χ4v) is 4.00. The zero-order chi connectivity index (χ0) is 23.3. The highest BCUT2D eigenvalue weighted by atomic mass is 19.1. The molecular formula is C26H31FN2O3. The Morgan fingerprint density at radius 3 is 2.38 bits per heavy atom. The van der Waals surface area contributed by atoms with Gasteiger partial charge in [-0.2, -0.15) is 0 Å². The molecule has 2 aromatic carbocycles. The molecule has 1 aliphatic heterocycles. The molecule has 0 saturated carbocycles. The Balaban J connectivity index is 1.99. The SMILES string of the molecule is CC(C)[C@@H]1C(=O)N[C@@H](c2ccc(F)cc2)C/C=C\C[C@@H](C)Oc2ccccc2C(=O)N1C. The number of halogens is 1. The number of carbonyl (C=O) groups excluding carboxylic acids is 2. The Labute approximate surface area is 189 Å². The molecule has 0 bridgehead atoms. The summed E-state index contributed by atoms with van der Waals surface area (Å²) in [5, 5.41) is 3.09. The second kappa shape index (κ2) is 10.4. The molecule has 3 rings (SSSR count). The van der Waals surface area contributed by atoms with Gasteiger partial charge in [0.2, 0.25) is 5.91 Å². The van der Waals surface area contributed by atoms with Crippen molar-refractivity contribution in [2.75, 3.05) is 7.05 Å². The number of fused-ring (bicyclic) bond motifs is 1. The lowest BCUT2D eigenvalue weighted by Crippen LogP contribution is -2.51. The van der Waals surface area contributed by atoms with Gasteiger partial charge < -0.3 is 15.0 Å². The molecule has 5 nitrogen and oxygen atoms in total. The summed E-state index contributed by atoms with van der Waals surface area (Å²) in [4.78, 5) is 28.2. The van der Waals surface area contributed by atoms with Gasteiger partial charge in [0.05, 0.1) is 17.7 Å². The van der Waals surface area contributed by atoms with Crippen LogP contribution in [0.3, 0.4) is 0 Å². The Bertz CT molecular complexity index is 971. The van der Waals surface area contributed by atoms with E-state index in [2.05, 4.69) is 5.32 Å². The van der Waals surface area contributed by atoms with E-state index in [1.54, 1.807) is 37.4 Å². The second-order valence-corrected chi connectivity index (χ2v) is 8.59. The van der Waals surface area contributed by atoms with Gasteiger partial charge in [0.1, 0.15) is 17.6 Å². The Morgan fingerprint density at radius 2 is 1.69 bits per heavy atom. The first kappa shape index (κ1) is 23.5. The van der Waals surface area contributed by atoms with Gasteiger partial charge >= 0.3 is 0 Å². The molecule has 6 heteroatoms. The lowest BCUT2D eigenvalue weighted by Gasteiger charge is -2.32. The first-order valence-electron chi connectivity index (χ1n) is 11.0. The van der Waals surface area contributed by atoms with Crippen LogP contribution in [0.25, 0.3) is 0 Å². The zero-order valence-electron chi connectivity index (χ0n) is 19.0. The second-order valence-electron chi connectivity index (χ2n) is 8.59. The van der Waals surface area contributed by atoms with E-state index in [1.165, 1.54) is 17.0 Å². The first-order chi connectivity index (χ1) is 15.3. The average Bonchev–Trinajstić information content (AvgIpc) is 2.75. The number of rotatable bonds is 2. The third-order valence-electron chi connectivity index (χ3n) is 5.68. The Kier molecular flexibility index (Phi) is 7.67. The molecule has 0 aliphatic carbocycles. The predicted octanol–water partition coefficient (Wildman–Crippen LogP) is 4.90. The number of amides is 2. The molecule has 0 saturated heterocycles. The number of likely N-dealkylation sites (N-methyl/N-ethyl adjacent to an activating group) is 1. The molecule has 0 spiro atoms. The molecule has 1 heterocycles. The normalized spacial score (nSPS) is 23.7. The summed E-state index contributed by atoms with van der Waals surface area (Å²) in [5.41, 5.74) is 1.24. The molecule has 0 unspecified atom stereocenters. The number of nitrogens with zero attached hydrogens (tertiary/aromatic N) is 1. The average molecular weight is 439 g/mol. The van der Waals surface area contributed by atoms with Crippen LogP contribution in [-0.2, 0) is 4.79 Å². The molecule has 0 radical (unpaired) electrons. The number of nitrogens with one attached hydrogen (secondary N) is 1. The highest BCUT2D eigenvalue weighted by molar-refractivity contribution is 5.99. The van der Waals surface area contributed by atoms with Gasteiger partial charge in [0, 0.05) is 13.5 Å². The van der Waals surface area contributed by atoms with Crippen molar-refractivity contribution in [3.63, 3.8) is 0 Å². The van der Waals surface area contributed by atoms with Gasteiger partial charge in [-0.1, -0.05) is 50.3 Å². The quantitative estimate of drug-likeness (QED) is 0.679. The van der Waals surface area contributed by atoms with Crippen molar-refractivity contribution in [3.8, 4) is 5.75 Å². The van der Waals surface area contributed by atoms with Crippen molar-refractivity contribution in [1.29, 1.82) is 0 Å². The summed E-state index contributed by atoms with van der Waals surface area (Å²) < 4.78 is 19.5. The summed E-state index contributed by atoms with van der Waals surface area (Å²) >= 11 is 0. The zero-order valence-corrected chi connectivity index (χ0v) is 19.0. The fourth-order valence-electron chi connectivity index (χ4n) is 4.00. The minimum Gasteiger partial charge on any atom is -0.490 e. The van der Waals surface area contributed by atoms with Crippen LogP contribution in [0.5, 0.6) is 5.75 Å². The van der Waals surface area contributed by atoms with Gasteiger partial charge in [-0.25, -0.2) is 4.39 Å². The van der Waals surface area contributed by atoms with E-state index in [9.17, 15) is 14.0 Å². The van der Waals surface area contributed by atoms with E-state index in [-0.39, 0.29) is 35.7 Å². The summed E-state index contributed by atoms with van der Waals surface area (Å²) in [6, 6.07) is 12.2. The van der Waals surface area contributed by atoms with Gasteiger partial charge in [-0.3, -0.25) is 9.59 Å². The van der Waals surface area contributed by atoms with E-state index in [4.69, 9.17) is 4.74 Å². The van der Waals surface area contributed by atoms with Crippen LogP contribution in [0.2, 0.25) is 0 Å². The summed E-state index contributed by atoms with van der Waals surface area (Å²) in [6.45, 7) is 5.78. The molecule has 0 fully saturated rings. The molecule has 2 aromatic rings. The monoisotopic (exact) mass is 438 g/mol. The van der Waals surface area contributed by atoms with E-state index < -0.39 is 6.04 Å². The molecule has 170 valence electrons.